The summed E-state index contributed by atoms with van der Waals surface area (Å²) in [6.45, 7) is 0.259. The standard InChI is InChI=1S/C8H10NO2P/c10-5-6-1-3-7(4-2-6)9-8(11)12/h1-4,10H,5,12H2,(H,9,11)/i10D. The maximum absolute atomic E-state index is 10.6. The fraction of sp³-hybridized carbons (Fsp3) is 0.125. The second-order valence-corrected chi connectivity index (χ2v) is 2.85. The molecule has 64 valence electrons. The first-order valence-corrected chi connectivity index (χ1v) is 4.03. The second kappa shape index (κ2) is 4.19. The van der Waals surface area contributed by atoms with Gasteiger partial charge in [0.2, 0.25) is 7.08 Å². The van der Waals surface area contributed by atoms with E-state index in [0.29, 0.717) is 0 Å². The molecule has 2 N–H and O–H groups in total. The van der Waals surface area contributed by atoms with Crippen molar-refractivity contribution in [2.24, 2.45) is 0 Å². The van der Waals surface area contributed by atoms with Gasteiger partial charge in [-0.15, -0.1) is 0 Å². The lowest BCUT2D eigenvalue weighted by atomic mass is 10.2. The zero-order valence-electron chi connectivity index (χ0n) is 7.41. The van der Waals surface area contributed by atoms with Gasteiger partial charge in [-0.25, -0.2) is 0 Å². The topological polar surface area (TPSA) is 49.3 Å². The van der Waals surface area contributed by atoms with E-state index in [1.54, 1.807) is 24.3 Å². The molecule has 0 aromatic heterocycles. The van der Waals surface area contributed by atoms with Crippen LogP contribution in [-0.2, 0) is 6.61 Å². The van der Waals surface area contributed by atoms with E-state index in [9.17, 15) is 4.79 Å². The Morgan fingerprint density at radius 3 is 2.75 bits per heavy atom. The summed E-state index contributed by atoms with van der Waals surface area (Å²) >= 11 is 0. The molecular weight excluding hydrogens is 173 g/mol. The van der Waals surface area contributed by atoms with Gasteiger partial charge in [-0.05, 0) is 26.9 Å². The fourth-order valence-electron chi connectivity index (χ4n) is 0.827. The third kappa shape index (κ3) is 2.61. The van der Waals surface area contributed by atoms with Gasteiger partial charge in [0.05, 0.1) is 6.61 Å². The Morgan fingerprint density at radius 2 is 2.25 bits per heavy atom. The van der Waals surface area contributed by atoms with Crippen LogP contribution >= 0.6 is 9.24 Å². The summed E-state index contributed by atoms with van der Waals surface area (Å²) in [7, 11) is 2.04. The molecule has 0 bridgehead atoms. The van der Waals surface area contributed by atoms with Crippen LogP contribution in [-0.4, -0.2) is 12.2 Å². The molecule has 1 rings (SSSR count). The highest BCUT2D eigenvalue weighted by Crippen LogP contribution is 2.10. The SMILES string of the molecule is [2H]OCc1ccc(NC(=O)P)cc1. The van der Waals surface area contributed by atoms with E-state index in [-0.39, 0.29) is 12.3 Å². The molecule has 1 aromatic carbocycles. The Kier molecular flexibility index (Phi) is 2.70. The molecule has 12 heavy (non-hydrogen) atoms. The average molecular weight is 184 g/mol. The van der Waals surface area contributed by atoms with E-state index in [1.165, 1.54) is 0 Å². The number of amides is 1. The number of rotatable bonds is 3. The number of hydrogen-bond acceptors (Lipinski definition) is 2. The number of hydrogen-bond donors (Lipinski definition) is 2. The normalized spacial score (nSPS) is 10.6. The Morgan fingerprint density at radius 1 is 1.58 bits per heavy atom. The maximum Gasteiger partial charge on any atom is 0.239 e. The lowest BCUT2D eigenvalue weighted by Crippen LogP contribution is -1.99. The zero-order valence-corrected chi connectivity index (χ0v) is 7.57. The molecule has 0 saturated heterocycles. The molecule has 0 spiro atoms. The molecule has 0 fully saturated rings. The van der Waals surface area contributed by atoms with Crippen molar-refractivity contribution in [1.82, 2.24) is 0 Å². The minimum Gasteiger partial charge on any atom is -0.392 e. The van der Waals surface area contributed by atoms with Crippen LogP contribution in [0.2, 0.25) is 0 Å². The average Bonchev–Trinajstić information content (AvgIpc) is 2.08. The number of carbonyl (C=O) groups is 1. The molecule has 0 aliphatic heterocycles. The molecule has 0 aliphatic carbocycles. The van der Waals surface area contributed by atoms with Crippen LogP contribution in [0.3, 0.4) is 0 Å². The largest absolute Gasteiger partial charge is 0.392 e. The van der Waals surface area contributed by atoms with Crippen molar-refractivity contribution in [3.63, 3.8) is 0 Å². The van der Waals surface area contributed by atoms with Crippen molar-refractivity contribution in [2.45, 2.75) is 6.61 Å². The molecule has 0 aliphatic rings. The van der Waals surface area contributed by atoms with Crippen molar-refractivity contribution < 1.29 is 9.90 Å². The summed E-state index contributed by atoms with van der Waals surface area (Å²) in [6.07, 6.45) is 0. The van der Waals surface area contributed by atoms with E-state index in [4.69, 9.17) is 1.43 Å². The van der Waals surface area contributed by atoms with Gasteiger partial charge in [-0.1, -0.05) is 12.1 Å². The summed E-state index contributed by atoms with van der Waals surface area (Å²) in [5, 5.41) is 6.82. The summed E-state index contributed by atoms with van der Waals surface area (Å²) < 4.78 is 6.53. The van der Waals surface area contributed by atoms with Crippen molar-refractivity contribution in [2.75, 3.05) is 5.32 Å². The van der Waals surface area contributed by atoms with Crippen LogP contribution in [0.5, 0.6) is 0 Å². The first-order chi connectivity index (χ1) is 6.22. The summed E-state index contributed by atoms with van der Waals surface area (Å²) in [4.78, 5) is 10.6. The molecular formula is C8H10NO2P. The Hall–Kier alpha value is -0.920. The lowest BCUT2D eigenvalue weighted by molar-refractivity contribution is 0.269. The second-order valence-electron chi connectivity index (χ2n) is 2.33. The van der Waals surface area contributed by atoms with Crippen LogP contribution in [0, 0.1) is 0 Å². The molecule has 1 amide bonds. The number of nitrogens with one attached hydrogen (secondary N) is 1. The number of benzene rings is 1. The Labute approximate surface area is 74.5 Å². The van der Waals surface area contributed by atoms with Crippen molar-refractivity contribution >= 4 is 20.6 Å². The van der Waals surface area contributed by atoms with Gasteiger partial charge in [0.1, 0.15) is 0 Å². The molecule has 0 radical (unpaired) electrons. The Bertz CT molecular complexity index is 289. The number of carbonyl (C=O) groups excluding carboxylic acids is 1. The summed E-state index contributed by atoms with van der Waals surface area (Å²) in [5.74, 6) is 0. The molecule has 4 heteroatoms. The van der Waals surface area contributed by atoms with Crippen molar-refractivity contribution in [3.05, 3.63) is 29.8 Å². The van der Waals surface area contributed by atoms with Gasteiger partial charge in [-0.2, -0.15) is 0 Å². The van der Waals surface area contributed by atoms with E-state index < -0.39 is 0 Å². The smallest absolute Gasteiger partial charge is 0.239 e. The predicted molar refractivity (Wildman–Crippen MR) is 51.1 cm³/mol. The highest BCUT2D eigenvalue weighted by Gasteiger charge is 1.94. The lowest BCUT2D eigenvalue weighted by Gasteiger charge is -2.01. The first-order valence-electron chi connectivity index (χ1n) is 3.86. The monoisotopic (exact) mass is 184 g/mol. The van der Waals surface area contributed by atoms with E-state index in [0.717, 1.165) is 11.3 Å². The van der Waals surface area contributed by atoms with Gasteiger partial charge >= 0.3 is 0 Å². The third-order valence-electron chi connectivity index (χ3n) is 1.39. The Balaban J connectivity index is 2.64. The van der Waals surface area contributed by atoms with Gasteiger partial charge < -0.3 is 10.4 Å². The highest BCUT2D eigenvalue weighted by atomic mass is 31.0. The summed E-state index contributed by atoms with van der Waals surface area (Å²) in [6, 6.07) is 7.11. The van der Waals surface area contributed by atoms with Crippen LogP contribution < -0.4 is 5.32 Å². The van der Waals surface area contributed by atoms with Crippen LogP contribution in [0.1, 0.15) is 5.56 Å². The first kappa shape index (κ1) is 7.71. The van der Waals surface area contributed by atoms with Gasteiger partial charge in [0, 0.05) is 5.69 Å². The number of aliphatic hydroxyl groups is 1. The highest BCUT2D eigenvalue weighted by molar-refractivity contribution is 7.40. The van der Waals surface area contributed by atoms with Crippen LogP contribution in [0.15, 0.2) is 24.3 Å². The molecule has 3 nitrogen and oxygen atoms in total. The minimum absolute atomic E-state index is 0.176. The molecule has 0 saturated carbocycles. The van der Waals surface area contributed by atoms with Gasteiger partial charge in [0.25, 0.3) is 0 Å². The number of anilines is 1. The zero-order chi connectivity index (χ0) is 9.68. The molecule has 1 unspecified atom stereocenters. The number of aliphatic hydroxyl groups excluding tert-OH is 1. The fourth-order valence-corrected chi connectivity index (χ4v) is 0.993. The van der Waals surface area contributed by atoms with Crippen LogP contribution in [0.25, 0.3) is 0 Å². The van der Waals surface area contributed by atoms with Crippen molar-refractivity contribution in [1.29, 1.82) is 1.43 Å². The van der Waals surface area contributed by atoms with Gasteiger partial charge in [0.15, 0.2) is 0 Å². The van der Waals surface area contributed by atoms with E-state index in [1.807, 2.05) is 9.24 Å². The molecule has 0 heterocycles. The van der Waals surface area contributed by atoms with Gasteiger partial charge in [-0.3, -0.25) is 4.79 Å². The minimum atomic E-state index is -0.176. The molecule has 1 atom stereocenters. The quantitative estimate of drug-likeness (QED) is 0.701. The maximum atomic E-state index is 10.6. The van der Waals surface area contributed by atoms with Crippen LogP contribution in [0.4, 0.5) is 10.5 Å². The third-order valence-corrected chi connectivity index (χ3v) is 1.53. The molecule has 1 aromatic rings. The summed E-state index contributed by atoms with van der Waals surface area (Å²) in [5.41, 5.74) is 1.45. The van der Waals surface area contributed by atoms with Crippen molar-refractivity contribution in [3.8, 4) is 0 Å². The van der Waals surface area contributed by atoms with E-state index in [2.05, 4.69) is 10.4 Å². The van der Waals surface area contributed by atoms with E-state index >= 15 is 0 Å². The predicted octanol–water partition coefficient (Wildman–Crippen LogP) is 1.59.